The first-order valence-corrected chi connectivity index (χ1v) is 8.23. The van der Waals surface area contributed by atoms with Crippen LogP contribution in [0.3, 0.4) is 0 Å². The van der Waals surface area contributed by atoms with Gasteiger partial charge in [-0.2, -0.15) is 0 Å². The van der Waals surface area contributed by atoms with Crippen LogP contribution in [0.2, 0.25) is 0 Å². The fourth-order valence-corrected chi connectivity index (χ4v) is 2.91. The highest BCUT2D eigenvalue weighted by molar-refractivity contribution is 5.18. The average Bonchev–Trinajstić information content (AvgIpc) is 3.27. The quantitative estimate of drug-likeness (QED) is 0.736. The van der Waals surface area contributed by atoms with Crippen LogP contribution in [0.25, 0.3) is 0 Å². The van der Waals surface area contributed by atoms with Crippen LogP contribution in [0.4, 0.5) is 0 Å². The molecule has 112 valence electrons. The van der Waals surface area contributed by atoms with Gasteiger partial charge in [0.05, 0.1) is 0 Å². The van der Waals surface area contributed by atoms with E-state index >= 15 is 0 Å². The lowest BCUT2D eigenvalue weighted by Gasteiger charge is -2.24. The van der Waals surface area contributed by atoms with Crippen LogP contribution in [-0.4, -0.2) is 30.6 Å². The topological polar surface area (TPSA) is 15.3 Å². The largest absolute Gasteiger partial charge is 0.309 e. The van der Waals surface area contributed by atoms with Crippen molar-refractivity contribution in [1.29, 1.82) is 0 Å². The SMILES string of the molecule is CCN(CCNC(CC(C)C)c1ccccc1)C1CC1. The molecule has 1 fully saturated rings. The molecule has 0 bridgehead atoms. The molecule has 1 aliphatic carbocycles. The van der Waals surface area contributed by atoms with Crippen LogP contribution < -0.4 is 5.32 Å². The van der Waals surface area contributed by atoms with Crippen LogP contribution in [-0.2, 0) is 0 Å². The van der Waals surface area contributed by atoms with Crippen molar-refractivity contribution in [3.8, 4) is 0 Å². The van der Waals surface area contributed by atoms with Crippen LogP contribution in [0.5, 0.6) is 0 Å². The number of likely N-dealkylation sites (N-methyl/N-ethyl adjacent to an activating group) is 1. The van der Waals surface area contributed by atoms with Crippen molar-refractivity contribution >= 4 is 0 Å². The molecule has 1 atom stereocenters. The van der Waals surface area contributed by atoms with Gasteiger partial charge in [0, 0.05) is 25.2 Å². The first kappa shape index (κ1) is 15.5. The minimum absolute atomic E-state index is 0.495. The van der Waals surface area contributed by atoms with Gasteiger partial charge in [-0.15, -0.1) is 0 Å². The number of rotatable bonds is 9. The van der Waals surface area contributed by atoms with Crippen molar-refractivity contribution in [2.24, 2.45) is 5.92 Å². The van der Waals surface area contributed by atoms with E-state index in [9.17, 15) is 0 Å². The molecule has 2 rings (SSSR count). The maximum Gasteiger partial charge on any atom is 0.0323 e. The van der Waals surface area contributed by atoms with Gasteiger partial charge in [0.15, 0.2) is 0 Å². The Morgan fingerprint density at radius 2 is 1.90 bits per heavy atom. The predicted octanol–water partition coefficient (Wildman–Crippen LogP) is 3.85. The number of benzene rings is 1. The minimum atomic E-state index is 0.495. The number of hydrogen-bond acceptors (Lipinski definition) is 2. The van der Waals surface area contributed by atoms with Gasteiger partial charge in [-0.05, 0) is 37.3 Å². The van der Waals surface area contributed by atoms with E-state index in [0.717, 1.165) is 18.5 Å². The van der Waals surface area contributed by atoms with Gasteiger partial charge in [0.2, 0.25) is 0 Å². The second-order valence-corrected chi connectivity index (χ2v) is 6.41. The molecule has 1 aromatic carbocycles. The molecule has 0 aromatic heterocycles. The summed E-state index contributed by atoms with van der Waals surface area (Å²) in [5, 5.41) is 3.77. The van der Waals surface area contributed by atoms with Crippen LogP contribution in [0, 0.1) is 5.92 Å². The average molecular weight is 274 g/mol. The zero-order valence-corrected chi connectivity index (χ0v) is 13.3. The standard InChI is InChI=1S/C18H30N2/c1-4-20(17-10-11-17)13-12-19-18(14-15(2)3)16-8-6-5-7-9-16/h5-9,15,17-19H,4,10-14H2,1-3H3. The molecule has 0 heterocycles. The van der Waals surface area contributed by atoms with Crippen molar-refractivity contribution in [2.45, 2.75) is 52.1 Å². The molecular weight excluding hydrogens is 244 g/mol. The minimum Gasteiger partial charge on any atom is -0.309 e. The first-order valence-electron chi connectivity index (χ1n) is 8.23. The van der Waals surface area contributed by atoms with E-state index in [1.807, 2.05) is 0 Å². The van der Waals surface area contributed by atoms with Gasteiger partial charge in [-0.1, -0.05) is 51.1 Å². The second-order valence-electron chi connectivity index (χ2n) is 6.41. The highest BCUT2D eigenvalue weighted by atomic mass is 15.2. The summed E-state index contributed by atoms with van der Waals surface area (Å²) < 4.78 is 0. The van der Waals surface area contributed by atoms with Crippen molar-refractivity contribution in [3.63, 3.8) is 0 Å². The van der Waals surface area contributed by atoms with Gasteiger partial charge in [0.25, 0.3) is 0 Å². The van der Waals surface area contributed by atoms with Crippen LogP contribution >= 0.6 is 0 Å². The normalized spacial score (nSPS) is 16.9. The van der Waals surface area contributed by atoms with E-state index in [1.54, 1.807) is 0 Å². The predicted molar refractivity (Wildman–Crippen MR) is 86.9 cm³/mol. The lowest BCUT2D eigenvalue weighted by atomic mass is 9.97. The zero-order valence-electron chi connectivity index (χ0n) is 13.3. The molecule has 0 amide bonds. The van der Waals surface area contributed by atoms with Gasteiger partial charge in [-0.3, -0.25) is 4.90 Å². The van der Waals surface area contributed by atoms with E-state index in [2.05, 4.69) is 61.3 Å². The number of nitrogens with zero attached hydrogens (tertiary/aromatic N) is 1. The summed E-state index contributed by atoms with van der Waals surface area (Å²) in [6, 6.07) is 12.3. The molecule has 1 saturated carbocycles. The molecule has 0 aliphatic heterocycles. The Balaban J connectivity index is 1.84. The van der Waals surface area contributed by atoms with E-state index in [-0.39, 0.29) is 0 Å². The highest BCUT2D eigenvalue weighted by Crippen LogP contribution is 2.26. The molecule has 2 heteroatoms. The van der Waals surface area contributed by atoms with Crippen LogP contribution in [0.1, 0.15) is 51.6 Å². The van der Waals surface area contributed by atoms with E-state index < -0.39 is 0 Å². The van der Waals surface area contributed by atoms with Gasteiger partial charge in [0.1, 0.15) is 0 Å². The Morgan fingerprint density at radius 1 is 1.20 bits per heavy atom. The molecule has 1 aromatic rings. The lowest BCUT2D eigenvalue weighted by Crippen LogP contribution is -2.35. The molecule has 20 heavy (non-hydrogen) atoms. The molecular formula is C18H30N2. The van der Waals surface area contributed by atoms with E-state index in [1.165, 1.54) is 37.9 Å². The summed E-state index contributed by atoms with van der Waals surface area (Å²) >= 11 is 0. The monoisotopic (exact) mass is 274 g/mol. The maximum atomic E-state index is 3.77. The van der Waals surface area contributed by atoms with Crippen molar-refractivity contribution < 1.29 is 0 Å². The molecule has 1 aliphatic rings. The third kappa shape index (κ3) is 4.92. The Bertz CT molecular complexity index is 370. The summed E-state index contributed by atoms with van der Waals surface area (Å²) in [6.07, 6.45) is 4.02. The molecule has 0 saturated heterocycles. The molecule has 1 unspecified atom stereocenters. The van der Waals surface area contributed by atoms with Gasteiger partial charge >= 0.3 is 0 Å². The van der Waals surface area contributed by atoms with Gasteiger partial charge < -0.3 is 5.32 Å². The summed E-state index contributed by atoms with van der Waals surface area (Å²) in [4.78, 5) is 2.62. The summed E-state index contributed by atoms with van der Waals surface area (Å²) in [6.45, 7) is 10.4. The molecule has 0 radical (unpaired) electrons. The fraction of sp³-hybridized carbons (Fsp3) is 0.667. The molecule has 2 nitrogen and oxygen atoms in total. The first-order chi connectivity index (χ1) is 9.70. The van der Waals surface area contributed by atoms with Crippen molar-refractivity contribution in [2.75, 3.05) is 19.6 Å². The Labute approximate surface area is 124 Å². The number of nitrogens with one attached hydrogen (secondary N) is 1. The Morgan fingerprint density at radius 3 is 2.45 bits per heavy atom. The third-order valence-electron chi connectivity index (χ3n) is 4.17. The molecule has 1 N–H and O–H groups in total. The highest BCUT2D eigenvalue weighted by Gasteiger charge is 2.27. The summed E-state index contributed by atoms with van der Waals surface area (Å²) in [7, 11) is 0. The number of hydrogen-bond donors (Lipinski definition) is 1. The van der Waals surface area contributed by atoms with Gasteiger partial charge in [-0.25, -0.2) is 0 Å². The Hall–Kier alpha value is -0.860. The van der Waals surface area contributed by atoms with Crippen LogP contribution in [0.15, 0.2) is 30.3 Å². The van der Waals surface area contributed by atoms with Crippen molar-refractivity contribution in [1.82, 2.24) is 10.2 Å². The van der Waals surface area contributed by atoms with E-state index in [0.29, 0.717) is 6.04 Å². The summed E-state index contributed by atoms with van der Waals surface area (Å²) in [5.41, 5.74) is 1.43. The van der Waals surface area contributed by atoms with E-state index in [4.69, 9.17) is 0 Å². The smallest absolute Gasteiger partial charge is 0.0323 e. The third-order valence-corrected chi connectivity index (χ3v) is 4.17. The zero-order chi connectivity index (χ0) is 14.4. The maximum absolute atomic E-state index is 3.77. The van der Waals surface area contributed by atoms with Crippen molar-refractivity contribution in [3.05, 3.63) is 35.9 Å². The summed E-state index contributed by atoms with van der Waals surface area (Å²) in [5.74, 6) is 0.721. The molecule has 0 spiro atoms. The second kappa shape index (κ2) is 7.80. The fourth-order valence-electron chi connectivity index (χ4n) is 2.91. The lowest BCUT2D eigenvalue weighted by molar-refractivity contribution is 0.269. The Kier molecular flexibility index (Phi) is 6.06.